The van der Waals surface area contributed by atoms with Crippen LogP contribution in [0.1, 0.15) is 90.4 Å². The smallest absolute Gasteiger partial charge is 0.316 e. The summed E-state index contributed by atoms with van der Waals surface area (Å²) in [5.41, 5.74) is 3.34. The number of carbonyl (C=O) groups is 4. The Balaban J connectivity index is 1.54. The van der Waals surface area contributed by atoms with E-state index in [-0.39, 0.29) is 17.9 Å². The van der Waals surface area contributed by atoms with Crippen molar-refractivity contribution in [2.45, 2.75) is 103 Å². The van der Waals surface area contributed by atoms with Gasteiger partial charge in [-0.15, -0.1) is 0 Å². The van der Waals surface area contributed by atoms with Crippen LogP contribution < -0.4 is 16.1 Å². The fraction of sp³-hybridized carbons (Fsp3) is 0.559. The van der Waals surface area contributed by atoms with Crippen LogP contribution in [-0.2, 0) is 23.9 Å². The number of rotatable bonds is 1. The number of aliphatic hydroxyl groups is 1. The lowest BCUT2D eigenvalue weighted by Gasteiger charge is -2.40. The normalized spacial score (nSPS) is 32.7. The Labute approximate surface area is 264 Å². The molecule has 3 heterocycles. The average molecular weight is 620 g/mol. The third-order valence-corrected chi connectivity index (χ3v) is 9.36. The van der Waals surface area contributed by atoms with E-state index in [2.05, 4.69) is 16.1 Å². The zero-order valence-corrected chi connectivity index (χ0v) is 26.8. The van der Waals surface area contributed by atoms with Crippen molar-refractivity contribution in [3.8, 4) is 0 Å². The fourth-order valence-electron chi connectivity index (χ4n) is 6.26. The molecule has 1 unspecified atom stereocenters. The molecule has 242 valence electrons. The van der Waals surface area contributed by atoms with Gasteiger partial charge in [-0.2, -0.15) is 0 Å². The van der Waals surface area contributed by atoms with Crippen LogP contribution in [0.3, 0.4) is 0 Å². The van der Waals surface area contributed by atoms with E-state index in [1.54, 1.807) is 27.7 Å². The topological polar surface area (TPSA) is 150 Å². The number of benzene rings is 1. The second-order valence-electron chi connectivity index (χ2n) is 13.5. The summed E-state index contributed by atoms with van der Waals surface area (Å²) in [7, 11) is 0. The van der Waals surface area contributed by atoms with Crippen molar-refractivity contribution >= 4 is 40.7 Å². The number of carbonyl (C=O) groups excluding carboxylic acids is 4. The van der Waals surface area contributed by atoms with Gasteiger partial charge in [-0.25, -0.2) is 5.43 Å². The summed E-state index contributed by atoms with van der Waals surface area (Å²) >= 11 is 0. The Morgan fingerprint density at radius 3 is 2.38 bits per heavy atom. The third kappa shape index (κ3) is 7.20. The summed E-state index contributed by atoms with van der Waals surface area (Å²) in [5.74, 6) is -2.11. The molecule has 1 saturated heterocycles. The zero-order chi connectivity index (χ0) is 32.5. The Hall–Kier alpha value is -3.83. The van der Waals surface area contributed by atoms with Gasteiger partial charge in [0.2, 0.25) is 5.91 Å². The summed E-state index contributed by atoms with van der Waals surface area (Å²) in [5, 5.41) is 18.8. The van der Waals surface area contributed by atoms with Crippen LogP contribution in [-0.4, -0.2) is 69.1 Å². The van der Waals surface area contributed by atoms with E-state index >= 15 is 0 Å². The second-order valence-corrected chi connectivity index (χ2v) is 13.5. The lowest BCUT2D eigenvalue weighted by molar-refractivity contribution is -0.170. The molecule has 3 amide bonds. The quantitative estimate of drug-likeness (QED) is 0.355. The maximum absolute atomic E-state index is 14.0. The number of hydrogen-bond acceptors (Lipinski definition) is 8. The molecular formula is C34H45N5O6. The molecule has 1 aromatic heterocycles. The standard InChI is InChI=1S/C34H45N5O6/c1-20(2)28-30(41)36-22(4)31(42)39-18-6-7-26(38-39)29(40)35-21(3)25-11-10-24-9-8-23(19-27(24)37-25)12-13-34(32(43)45-28)16-14-33(5,44)15-17-34/h8-13,19-22,26,28,38,44H,6-7,14-18H2,1-5H3,(H,35,40)(H,36,41)/b13-12+/t21-,22+,26?,28+,33?,34?/m1/s1. The van der Waals surface area contributed by atoms with Gasteiger partial charge in [0, 0.05) is 11.9 Å². The number of hydrazine groups is 1. The van der Waals surface area contributed by atoms with Crippen LogP contribution in [0.5, 0.6) is 0 Å². The van der Waals surface area contributed by atoms with Crippen LogP contribution in [0.15, 0.2) is 36.4 Å². The van der Waals surface area contributed by atoms with Gasteiger partial charge in [-0.1, -0.05) is 44.2 Å². The van der Waals surface area contributed by atoms with Crippen LogP contribution in [0, 0.1) is 11.3 Å². The van der Waals surface area contributed by atoms with E-state index in [0.29, 0.717) is 50.8 Å². The number of hydrogen-bond donors (Lipinski definition) is 4. The first-order valence-corrected chi connectivity index (χ1v) is 16.0. The molecule has 45 heavy (non-hydrogen) atoms. The van der Waals surface area contributed by atoms with Gasteiger partial charge in [0.1, 0.15) is 12.1 Å². The Morgan fingerprint density at radius 1 is 0.978 bits per heavy atom. The Bertz CT molecular complexity index is 1490. The van der Waals surface area contributed by atoms with Gasteiger partial charge < -0.3 is 20.5 Å². The first-order chi connectivity index (χ1) is 21.3. The second kappa shape index (κ2) is 12.9. The molecule has 1 aliphatic carbocycles. The van der Waals surface area contributed by atoms with Crippen LogP contribution in [0.25, 0.3) is 17.0 Å². The minimum Gasteiger partial charge on any atom is -0.451 e. The van der Waals surface area contributed by atoms with Crippen molar-refractivity contribution in [1.82, 2.24) is 26.1 Å². The maximum atomic E-state index is 14.0. The fourth-order valence-corrected chi connectivity index (χ4v) is 6.26. The Kier molecular flexibility index (Phi) is 9.32. The van der Waals surface area contributed by atoms with Gasteiger partial charge in [-0.3, -0.25) is 29.2 Å². The van der Waals surface area contributed by atoms with Gasteiger partial charge in [0.05, 0.1) is 28.3 Å². The first kappa shape index (κ1) is 32.6. The molecule has 0 radical (unpaired) electrons. The van der Waals surface area contributed by atoms with Crippen molar-refractivity contribution < 1.29 is 29.0 Å². The van der Waals surface area contributed by atoms with Gasteiger partial charge in [0.25, 0.3) is 11.8 Å². The number of aromatic nitrogens is 1. The number of ether oxygens (including phenoxy) is 1. The third-order valence-electron chi connectivity index (χ3n) is 9.36. The molecule has 4 atom stereocenters. The molecule has 1 spiro atoms. The number of nitrogens with one attached hydrogen (secondary N) is 3. The maximum Gasteiger partial charge on any atom is 0.316 e. The highest BCUT2D eigenvalue weighted by Gasteiger charge is 2.46. The predicted molar refractivity (Wildman–Crippen MR) is 169 cm³/mol. The molecule has 1 aromatic carbocycles. The van der Waals surface area contributed by atoms with Crippen LogP contribution in [0.2, 0.25) is 0 Å². The first-order valence-electron chi connectivity index (χ1n) is 16.0. The number of fused-ring (bicyclic) bond motifs is 4. The average Bonchev–Trinajstić information content (AvgIpc) is 3.01. The summed E-state index contributed by atoms with van der Waals surface area (Å²) < 4.78 is 5.96. The molecule has 2 aliphatic heterocycles. The number of esters is 1. The molecule has 1 saturated carbocycles. The molecular weight excluding hydrogens is 574 g/mol. The number of nitrogens with zero attached hydrogens (tertiary/aromatic N) is 2. The number of pyridine rings is 1. The van der Waals surface area contributed by atoms with Gasteiger partial charge >= 0.3 is 5.97 Å². The SMILES string of the molecule is CC(C)[C@@H]1OC(=O)C2(/C=C/c3ccc4ccc(nc4c3)[C@@H](C)NC(=O)C3CCCN(N3)C(=O)[C@H](C)NC1=O)CCC(C)(O)CC2. The molecule has 5 rings (SSSR count). The minimum absolute atomic E-state index is 0.246. The van der Waals surface area contributed by atoms with Crippen molar-refractivity contribution in [3.63, 3.8) is 0 Å². The van der Waals surface area contributed by atoms with Crippen molar-refractivity contribution in [2.24, 2.45) is 11.3 Å². The van der Waals surface area contributed by atoms with Gasteiger partial charge in [-0.05, 0) is 82.9 Å². The molecule has 2 fully saturated rings. The molecule has 11 nitrogen and oxygen atoms in total. The summed E-state index contributed by atoms with van der Waals surface area (Å²) in [6.45, 7) is 9.16. The zero-order valence-electron chi connectivity index (χ0n) is 26.8. The number of cyclic esters (lactones) is 1. The molecule has 3 aliphatic rings. The minimum atomic E-state index is -1.13. The van der Waals surface area contributed by atoms with Crippen molar-refractivity contribution in [2.75, 3.05) is 6.54 Å². The lowest BCUT2D eigenvalue weighted by Crippen LogP contribution is -2.61. The van der Waals surface area contributed by atoms with E-state index in [0.717, 1.165) is 16.5 Å². The summed E-state index contributed by atoms with van der Waals surface area (Å²) in [6.07, 6.45) is 5.22. The summed E-state index contributed by atoms with van der Waals surface area (Å²) in [4.78, 5) is 58.9. The highest BCUT2D eigenvalue weighted by atomic mass is 16.5. The van der Waals surface area contributed by atoms with Crippen LogP contribution in [0.4, 0.5) is 0 Å². The van der Waals surface area contributed by atoms with E-state index < -0.39 is 47.0 Å². The monoisotopic (exact) mass is 619 g/mol. The van der Waals surface area contributed by atoms with Crippen LogP contribution >= 0.6 is 0 Å². The Morgan fingerprint density at radius 2 is 1.67 bits per heavy atom. The lowest BCUT2D eigenvalue weighted by atomic mass is 9.68. The van der Waals surface area contributed by atoms with Gasteiger partial charge in [0.15, 0.2) is 6.10 Å². The van der Waals surface area contributed by atoms with E-state index in [4.69, 9.17) is 9.72 Å². The van der Waals surface area contributed by atoms with E-state index in [1.807, 2.05) is 49.4 Å². The van der Waals surface area contributed by atoms with Crippen molar-refractivity contribution in [1.29, 1.82) is 0 Å². The van der Waals surface area contributed by atoms with E-state index in [1.165, 1.54) is 5.01 Å². The molecule has 4 N–H and O–H groups in total. The predicted octanol–water partition coefficient (Wildman–Crippen LogP) is 3.32. The van der Waals surface area contributed by atoms with Crippen molar-refractivity contribution in [3.05, 3.63) is 47.7 Å². The highest BCUT2D eigenvalue weighted by molar-refractivity contribution is 5.92. The summed E-state index contributed by atoms with van der Waals surface area (Å²) in [6, 6.07) is 7.74. The van der Waals surface area contributed by atoms with E-state index in [9.17, 15) is 24.3 Å². The molecule has 5 bridgehead atoms. The molecule has 11 heteroatoms. The molecule has 2 aromatic rings. The largest absolute Gasteiger partial charge is 0.451 e. The number of amides is 3. The highest BCUT2D eigenvalue weighted by Crippen LogP contribution is 2.44.